The van der Waals surface area contributed by atoms with Gasteiger partial charge in [0.05, 0.1) is 0 Å². The zero-order valence-corrected chi connectivity index (χ0v) is 9.19. The van der Waals surface area contributed by atoms with Crippen LogP contribution in [-0.4, -0.2) is 13.2 Å². The summed E-state index contributed by atoms with van der Waals surface area (Å²) >= 11 is 0. The van der Waals surface area contributed by atoms with Gasteiger partial charge >= 0.3 is 0 Å². The molecular weight excluding hydrogens is 188 g/mol. The minimum absolute atomic E-state index is 0.568. The molecule has 1 heterocycles. The third-order valence-corrected chi connectivity index (χ3v) is 2.24. The number of ether oxygens (including phenoxy) is 2. The summed E-state index contributed by atoms with van der Waals surface area (Å²) in [6.07, 6.45) is 4.29. The van der Waals surface area contributed by atoms with Crippen LogP contribution in [0.15, 0.2) is 24.3 Å². The number of hydrogen-bond acceptors (Lipinski definition) is 2. The Bertz CT molecular complexity index is 367. The van der Waals surface area contributed by atoms with Gasteiger partial charge in [0.25, 0.3) is 0 Å². The summed E-state index contributed by atoms with van der Waals surface area (Å²) in [6, 6.07) is 6.04. The maximum absolute atomic E-state index is 5.51. The van der Waals surface area contributed by atoms with Gasteiger partial charge in [-0.2, -0.15) is 0 Å². The first-order chi connectivity index (χ1) is 7.25. The Balaban J connectivity index is 2.20. The minimum atomic E-state index is 0.568. The molecule has 0 unspecified atom stereocenters. The van der Waals surface area contributed by atoms with Crippen LogP contribution >= 0.6 is 0 Å². The third-order valence-electron chi connectivity index (χ3n) is 2.24. The topological polar surface area (TPSA) is 18.5 Å². The van der Waals surface area contributed by atoms with E-state index < -0.39 is 0 Å². The molecule has 2 heteroatoms. The number of benzene rings is 1. The van der Waals surface area contributed by atoms with E-state index in [0.717, 1.165) is 17.1 Å². The van der Waals surface area contributed by atoms with Gasteiger partial charge in [-0.1, -0.05) is 32.1 Å². The van der Waals surface area contributed by atoms with Gasteiger partial charge in [0, 0.05) is 0 Å². The fraction of sp³-hybridized carbons (Fsp3) is 0.385. The molecule has 1 aliphatic rings. The zero-order valence-electron chi connectivity index (χ0n) is 9.19. The van der Waals surface area contributed by atoms with Crippen LogP contribution in [0.3, 0.4) is 0 Å². The molecule has 0 N–H and O–H groups in total. The Kier molecular flexibility index (Phi) is 2.95. The number of rotatable bonds is 2. The van der Waals surface area contributed by atoms with Gasteiger partial charge in [-0.3, -0.25) is 0 Å². The molecule has 2 nitrogen and oxygen atoms in total. The van der Waals surface area contributed by atoms with E-state index in [4.69, 9.17) is 9.47 Å². The Morgan fingerprint density at radius 1 is 1.13 bits per heavy atom. The van der Waals surface area contributed by atoms with E-state index in [2.05, 4.69) is 26.0 Å². The van der Waals surface area contributed by atoms with Crippen molar-refractivity contribution in [1.82, 2.24) is 0 Å². The molecule has 1 aromatic rings. The summed E-state index contributed by atoms with van der Waals surface area (Å²) in [7, 11) is 0. The molecule has 0 atom stereocenters. The van der Waals surface area contributed by atoms with Crippen molar-refractivity contribution in [2.45, 2.75) is 13.8 Å². The molecule has 0 bridgehead atoms. The van der Waals surface area contributed by atoms with E-state index in [1.165, 1.54) is 0 Å². The smallest absolute Gasteiger partial charge is 0.161 e. The number of fused-ring (bicyclic) bond motifs is 1. The second-order valence-electron chi connectivity index (χ2n) is 4.01. The molecule has 1 aromatic carbocycles. The molecule has 2 rings (SSSR count). The lowest BCUT2D eigenvalue weighted by Crippen LogP contribution is -2.15. The number of allylic oxidation sites excluding steroid dienone is 1. The largest absolute Gasteiger partial charge is 0.486 e. The molecule has 0 radical (unpaired) electrons. The van der Waals surface area contributed by atoms with Crippen molar-refractivity contribution in [3.8, 4) is 11.5 Å². The van der Waals surface area contributed by atoms with Gasteiger partial charge in [0.15, 0.2) is 11.5 Å². The fourth-order valence-corrected chi connectivity index (χ4v) is 1.47. The highest BCUT2D eigenvalue weighted by Gasteiger charge is 2.10. The molecule has 0 amide bonds. The summed E-state index contributed by atoms with van der Waals surface area (Å²) in [5.41, 5.74) is 1.16. The lowest BCUT2D eigenvalue weighted by molar-refractivity contribution is 0.171. The van der Waals surface area contributed by atoms with Crippen LogP contribution in [0.5, 0.6) is 11.5 Å². The van der Waals surface area contributed by atoms with Crippen molar-refractivity contribution in [3.05, 3.63) is 29.8 Å². The van der Waals surface area contributed by atoms with Crippen molar-refractivity contribution in [3.63, 3.8) is 0 Å². The van der Waals surface area contributed by atoms with E-state index in [1.807, 2.05) is 18.2 Å². The van der Waals surface area contributed by atoms with Gasteiger partial charge < -0.3 is 9.47 Å². The van der Waals surface area contributed by atoms with Crippen molar-refractivity contribution in [1.29, 1.82) is 0 Å². The van der Waals surface area contributed by atoms with E-state index in [1.54, 1.807) is 0 Å². The first-order valence-corrected chi connectivity index (χ1v) is 5.33. The standard InChI is InChI=1S/C13H16O2/c1-10(2)3-4-11-5-6-12-13(9-11)15-8-7-14-12/h3-6,9-10H,7-8H2,1-2H3/b4-3+. The lowest BCUT2D eigenvalue weighted by atomic mass is 10.1. The quantitative estimate of drug-likeness (QED) is 0.736. The normalized spacial score (nSPS) is 14.9. The highest BCUT2D eigenvalue weighted by molar-refractivity contribution is 5.56. The van der Waals surface area contributed by atoms with E-state index >= 15 is 0 Å². The Hall–Kier alpha value is -1.44. The molecular formula is C13H16O2. The van der Waals surface area contributed by atoms with Gasteiger partial charge in [0.1, 0.15) is 13.2 Å². The zero-order chi connectivity index (χ0) is 10.7. The number of hydrogen-bond donors (Lipinski definition) is 0. The van der Waals surface area contributed by atoms with E-state index in [0.29, 0.717) is 19.1 Å². The predicted molar refractivity (Wildman–Crippen MR) is 61.3 cm³/mol. The molecule has 0 saturated heterocycles. The van der Waals surface area contributed by atoms with E-state index in [9.17, 15) is 0 Å². The maximum atomic E-state index is 5.51. The first-order valence-electron chi connectivity index (χ1n) is 5.33. The van der Waals surface area contributed by atoms with Crippen LogP contribution in [0, 0.1) is 5.92 Å². The molecule has 0 aromatic heterocycles. The van der Waals surface area contributed by atoms with Gasteiger partial charge in [-0.05, 0) is 23.6 Å². The van der Waals surface area contributed by atoms with Crippen molar-refractivity contribution < 1.29 is 9.47 Å². The van der Waals surface area contributed by atoms with Gasteiger partial charge in [0.2, 0.25) is 0 Å². The Morgan fingerprint density at radius 2 is 1.87 bits per heavy atom. The molecule has 0 saturated carbocycles. The molecule has 0 fully saturated rings. The average molecular weight is 204 g/mol. The third kappa shape index (κ3) is 2.52. The van der Waals surface area contributed by atoms with E-state index in [-0.39, 0.29) is 0 Å². The van der Waals surface area contributed by atoms with Crippen LogP contribution in [0.2, 0.25) is 0 Å². The monoisotopic (exact) mass is 204 g/mol. The van der Waals surface area contributed by atoms with Crippen molar-refractivity contribution in [2.75, 3.05) is 13.2 Å². The second-order valence-corrected chi connectivity index (χ2v) is 4.01. The van der Waals surface area contributed by atoms with Gasteiger partial charge in [-0.15, -0.1) is 0 Å². The first kappa shape index (κ1) is 10.1. The molecule has 0 aliphatic carbocycles. The Morgan fingerprint density at radius 3 is 2.60 bits per heavy atom. The summed E-state index contributed by atoms with van der Waals surface area (Å²) in [6.45, 7) is 5.61. The fourth-order valence-electron chi connectivity index (χ4n) is 1.47. The van der Waals surface area contributed by atoms with Crippen molar-refractivity contribution >= 4 is 6.08 Å². The van der Waals surface area contributed by atoms with Crippen LogP contribution in [0.25, 0.3) is 6.08 Å². The average Bonchev–Trinajstić information content (AvgIpc) is 2.26. The van der Waals surface area contributed by atoms with Gasteiger partial charge in [-0.25, -0.2) is 0 Å². The Labute approximate surface area is 90.5 Å². The molecule has 80 valence electrons. The summed E-state index contributed by atoms with van der Waals surface area (Å²) in [4.78, 5) is 0. The van der Waals surface area contributed by atoms with Crippen LogP contribution in [-0.2, 0) is 0 Å². The minimum Gasteiger partial charge on any atom is -0.486 e. The summed E-state index contributed by atoms with van der Waals surface area (Å²) < 4.78 is 11.0. The van der Waals surface area contributed by atoms with Crippen molar-refractivity contribution in [2.24, 2.45) is 5.92 Å². The van der Waals surface area contributed by atoms with Crippen LogP contribution in [0.4, 0.5) is 0 Å². The second kappa shape index (κ2) is 4.39. The summed E-state index contributed by atoms with van der Waals surface area (Å²) in [5, 5.41) is 0. The predicted octanol–water partition coefficient (Wildman–Crippen LogP) is 3.13. The highest BCUT2D eigenvalue weighted by Crippen LogP contribution is 2.31. The van der Waals surface area contributed by atoms with Crippen LogP contribution < -0.4 is 9.47 Å². The SMILES string of the molecule is CC(C)/C=C/c1ccc2c(c1)OCCO2. The molecule has 15 heavy (non-hydrogen) atoms. The maximum Gasteiger partial charge on any atom is 0.161 e. The highest BCUT2D eigenvalue weighted by atomic mass is 16.6. The summed E-state index contributed by atoms with van der Waals surface area (Å²) in [5.74, 6) is 2.27. The van der Waals surface area contributed by atoms with Crippen LogP contribution in [0.1, 0.15) is 19.4 Å². The lowest BCUT2D eigenvalue weighted by Gasteiger charge is -2.18. The molecule has 1 aliphatic heterocycles. The molecule has 0 spiro atoms.